The first-order chi connectivity index (χ1) is 9.03. The van der Waals surface area contributed by atoms with Crippen molar-refractivity contribution in [3.05, 3.63) is 34.6 Å². The van der Waals surface area contributed by atoms with Gasteiger partial charge in [-0.05, 0) is 37.2 Å². The molecule has 0 saturated carbocycles. The molecule has 0 aliphatic heterocycles. The summed E-state index contributed by atoms with van der Waals surface area (Å²) in [6.07, 6.45) is 0. The minimum Gasteiger partial charge on any atom is -0.383 e. The number of ether oxygens (including phenoxy) is 1. The number of likely N-dealkylation sites (N-methyl/N-ethyl adjacent to an activating group) is 1. The van der Waals surface area contributed by atoms with E-state index in [1.54, 1.807) is 13.2 Å². The summed E-state index contributed by atoms with van der Waals surface area (Å²) < 4.78 is 18.7. The van der Waals surface area contributed by atoms with Crippen LogP contribution in [0.3, 0.4) is 0 Å². The smallest absolute Gasteiger partial charge is 0.125 e. The Morgan fingerprint density at radius 1 is 1.42 bits per heavy atom. The third kappa shape index (κ3) is 4.42. The highest BCUT2D eigenvalue weighted by Gasteiger charge is 2.23. The maximum absolute atomic E-state index is 13.5. The summed E-state index contributed by atoms with van der Waals surface area (Å²) in [5.41, 5.74) is 6.67. The summed E-state index contributed by atoms with van der Waals surface area (Å²) in [7, 11) is 1.67. The zero-order valence-electron chi connectivity index (χ0n) is 11.7. The van der Waals surface area contributed by atoms with E-state index in [1.165, 1.54) is 12.1 Å². The maximum Gasteiger partial charge on any atom is 0.125 e. The van der Waals surface area contributed by atoms with Crippen LogP contribution in [0.25, 0.3) is 0 Å². The average Bonchev–Trinajstić information content (AvgIpc) is 2.34. The molecule has 108 valence electrons. The predicted octanol–water partition coefficient (Wildman–Crippen LogP) is 2.84. The molecule has 2 N–H and O–H groups in total. The standard InChI is InChI=1S/C14H22ClFN2O/c1-4-18(10(2)9-19-3)14(8-17)11-5-12(15)7-13(16)6-11/h5-7,10,14H,4,8-9,17H2,1-3H3. The van der Waals surface area contributed by atoms with E-state index in [0.717, 1.165) is 12.1 Å². The van der Waals surface area contributed by atoms with E-state index in [2.05, 4.69) is 18.7 Å². The molecule has 19 heavy (non-hydrogen) atoms. The topological polar surface area (TPSA) is 38.5 Å². The van der Waals surface area contributed by atoms with Gasteiger partial charge in [0.2, 0.25) is 0 Å². The number of hydrogen-bond acceptors (Lipinski definition) is 3. The van der Waals surface area contributed by atoms with Gasteiger partial charge in [-0.3, -0.25) is 4.90 Å². The van der Waals surface area contributed by atoms with Gasteiger partial charge in [0.1, 0.15) is 5.82 Å². The number of hydrogen-bond donors (Lipinski definition) is 1. The molecule has 0 amide bonds. The molecule has 0 aliphatic rings. The Hall–Kier alpha value is -0.680. The molecule has 3 nitrogen and oxygen atoms in total. The summed E-state index contributed by atoms with van der Waals surface area (Å²) >= 11 is 5.92. The van der Waals surface area contributed by atoms with Crippen LogP contribution in [0.1, 0.15) is 25.5 Å². The first kappa shape index (κ1) is 16.4. The van der Waals surface area contributed by atoms with Crippen LogP contribution in [-0.2, 0) is 4.74 Å². The third-order valence-electron chi connectivity index (χ3n) is 3.23. The number of benzene rings is 1. The lowest BCUT2D eigenvalue weighted by atomic mass is 10.0. The monoisotopic (exact) mass is 288 g/mol. The number of rotatable bonds is 7. The molecule has 0 bridgehead atoms. The molecular formula is C14H22ClFN2O. The molecule has 0 radical (unpaired) electrons. The van der Waals surface area contributed by atoms with Crippen molar-refractivity contribution in [1.29, 1.82) is 0 Å². The van der Waals surface area contributed by atoms with Gasteiger partial charge in [0.25, 0.3) is 0 Å². The van der Waals surface area contributed by atoms with Crippen molar-refractivity contribution in [2.24, 2.45) is 5.73 Å². The largest absolute Gasteiger partial charge is 0.383 e. The van der Waals surface area contributed by atoms with E-state index in [4.69, 9.17) is 22.1 Å². The van der Waals surface area contributed by atoms with E-state index in [0.29, 0.717) is 18.2 Å². The molecule has 1 aromatic rings. The molecule has 2 unspecified atom stereocenters. The molecule has 0 aromatic heterocycles. The van der Waals surface area contributed by atoms with Crippen LogP contribution in [0.5, 0.6) is 0 Å². The first-order valence-corrected chi connectivity index (χ1v) is 6.82. The van der Waals surface area contributed by atoms with Crippen LogP contribution in [0.2, 0.25) is 5.02 Å². The van der Waals surface area contributed by atoms with Crippen LogP contribution >= 0.6 is 11.6 Å². The van der Waals surface area contributed by atoms with Gasteiger partial charge in [0.15, 0.2) is 0 Å². The fourth-order valence-electron chi connectivity index (χ4n) is 2.41. The summed E-state index contributed by atoms with van der Waals surface area (Å²) in [5, 5.41) is 0.392. The lowest BCUT2D eigenvalue weighted by Crippen LogP contribution is -2.42. The summed E-state index contributed by atoms with van der Waals surface area (Å²) in [4.78, 5) is 2.19. The SMILES string of the molecule is CCN(C(C)COC)C(CN)c1cc(F)cc(Cl)c1. The van der Waals surface area contributed by atoms with E-state index in [-0.39, 0.29) is 17.9 Å². The molecule has 0 aliphatic carbocycles. The quantitative estimate of drug-likeness (QED) is 0.838. The van der Waals surface area contributed by atoms with Crippen LogP contribution < -0.4 is 5.73 Å². The minimum absolute atomic E-state index is 0.0663. The van der Waals surface area contributed by atoms with Crippen LogP contribution in [-0.4, -0.2) is 37.7 Å². The normalized spacial score (nSPS) is 14.7. The Morgan fingerprint density at radius 2 is 2.11 bits per heavy atom. The first-order valence-electron chi connectivity index (χ1n) is 6.44. The zero-order valence-corrected chi connectivity index (χ0v) is 12.5. The molecule has 1 rings (SSSR count). The van der Waals surface area contributed by atoms with Gasteiger partial charge in [-0.15, -0.1) is 0 Å². The van der Waals surface area contributed by atoms with E-state index >= 15 is 0 Å². The molecule has 0 saturated heterocycles. The lowest BCUT2D eigenvalue weighted by Gasteiger charge is -2.35. The van der Waals surface area contributed by atoms with Gasteiger partial charge >= 0.3 is 0 Å². The van der Waals surface area contributed by atoms with Crippen LogP contribution in [0.4, 0.5) is 4.39 Å². The fraction of sp³-hybridized carbons (Fsp3) is 0.571. The molecule has 2 atom stereocenters. The van der Waals surface area contributed by atoms with E-state index in [9.17, 15) is 4.39 Å². The van der Waals surface area contributed by atoms with Gasteiger partial charge in [-0.25, -0.2) is 4.39 Å². The van der Waals surface area contributed by atoms with Crippen molar-refractivity contribution < 1.29 is 9.13 Å². The highest BCUT2D eigenvalue weighted by molar-refractivity contribution is 6.30. The zero-order chi connectivity index (χ0) is 14.4. The second-order valence-electron chi connectivity index (χ2n) is 4.59. The van der Waals surface area contributed by atoms with Gasteiger partial charge in [-0.2, -0.15) is 0 Å². The molecule has 0 fully saturated rings. The second kappa shape index (κ2) is 7.80. The lowest BCUT2D eigenvalue weighted by molar-refractivity contribution is 0.0750. The summed E-state index contributed by atoms with van der Waals surface area (Å²) in [6, 6.07) is 4.69. The Balaban J connectivity index is 3.02. The van der Waals surface area contributed by atoms with Crippen molar-refractivity contribution in [3.8, 4) is 0 Å². The number of halogens is 2. The Labute approximate surface area is 119 Å². The van der Waals surface area contributed by atoms with Gasteiger partial charge in [-0.1, -0.05) is 18.5 Å². The van der Waals surface area contributed by atoms with Crippen molar-refractivity contribution in [2.45, 2.75) is 25.9 Å². The molecule has 5 heteroatoms. The maximum atomic E-state index is 13.5. The van der Waals surface area contributed by atoms with Crippen molar-refractivity contribution >= 4 is 11.6 Å². The number of nitrogens with zero attached hydrogens (tertiary/aromatic N) is 1. The van der Waals surface area contributed by atoms with E-state index < -0.39 is 0 Å². The summed E-state index contributed by atoms with van der Waals surface area (Å²) in [6.45, 7) is 5.93. The Kier molecular flexibility index (Phi) is 6.72. The predicted molar refractivity (Wildman–Crippen MR) is 76.9 cm³/mol. The van der Waals surface area contributed by atoms with E-state index in [1.807, 2.05) is 0 Å². The van der Waals surface area contributed by atoms with Gasteiger partial charge < -0.3 is 10.5 Å². The molecular weight excluding hydrogens is 267 g/mol. The van der Waals surface area contributed by atoms with Gasteiger partial charge in [0, 0.05) is 30.8 Å². The molecule has 0 spiro atoms. The highest BCUT2D eigenvalue weighted by atomic mass is 35.5. The molecule has 1 aromatic carbocycles. The fourth-order valence-corrected chi connectivity index (χ4v) is 2.64. The molecule has 0 heterocycles. The van der Waals surface area contributed by atoms with Crippen LogP contribution in [0.15, 0.2) is 18.2 Å². The Morgan fingerprint density at radius 3 is 2.58 bits per heavy atom. The van der Waals surface area contributed by atoms with Crippen molar-refractivity contribution in [2.75, 3.05) is 26.8 Å². The number of methoxy groups -OCH3 is 1. The second-order valence-corrected chi connectivity index (χ2v) is 5.03. The van der Waals surface area contributed by atoms with Crippen LogP contribution in [0, 0.1) is 5.82 Å². The van der Waals surface area contributed by atoms with Crippen molar-refractivity contribution in [1.82, 2.24) is 4.90 Å². The Bertz CT molecular complexity index is 383. The highest BCUT2D eigenvalue weighted by Crippen LogP contribution is 2.25. The average molecular weight is 289 g/mol. The minimum atomic E-state index is -0.337. The van der Waals surface area contributed by atoms with Crippen molar-refractivity contribution in [3.63, 3.8) is 0 Å². The summed E-state index contributed by atoms with van der Waals surface area (Å²) in [5.74, 6) is -0.337. The number of nitrogens with two attached hydrogens (primary N) is 1. The van der Waals surface area contributed by atoms with Gasteiger partial charge in [0.05, 0.1) is 6.61 Å². The third-order valence-corrected chi connectivity index (χ3v) is 3.45.